The Hall–Kier alpha value is -2.66. The van der Waals surface area contributed by atoms with Gasteiger partial charge in [0.2, 0.25) is 5.91 Å². The lowest BCUT2D eigenvalue weighted by atomic mass is 9.98. The number of hydrogen-bond donors (Lipinski definition) is 0. The summed E-state index contributed by atoms with van der Waals surface area (Å²) in [7, 11) is 0. The van der Waals surface area contributed by atoms with Crippen molar-refractivity contribution in [3.63, 3.8) is 0 Å². The molecule has 2 aromatic carbocycles. The standard InChI is InChI=1S/C25H32N4O/c1-4-27(5-2)17-21-8-6-7-9-23(21)20-10-11-24-25(16-20)29(18-26-24)22-12-14-28(15-13-22)19(3)30/h6-11,16,18,22H,4-5,12-15,17H2,1-3H3. The van der Waals surface area contributed by atoms with Crippen LogP contribution in [-0.2, 0) is 11.3 Å². The fraction of sp³-hybridized carbons (Fsp3) is 0.440. The number of hydrogen-bond acceptors (Lipinski definition) is 3. The number of carbonyl (C=O) groups is 1. The monoisotopic (exact) mass is 404 g/mol. The fourth-order valence-electron chi connectivity index (χ4n) is 4.57. The van der Waals surface area contributed by atoms with E-state index in [4.69, 9.17) is 0 Å². The van der Waals surface area contributed by atoms with Gasteiger partial charge in [0.25, 0.3) is 0 Å². The van der Waals surface area contributed by atoms with Gasteiger partial charge in [0, 0.05) is 32.6 Å². The Morgan fingerprint density at radius 3 is 2.53 bits per heavy atom. The van der Waals surface area contributed by atoms with Crippen LogP contribution in [0.5, 0.6) is 0 Å². The predicted molar refractivity (Wildman–Crippen MR) is 122 cm³/mol. The van der Waals surface area contributed by atoms with Crippen LogP contribution in [0.3, 0.4) is 0 Å². The molecule has 1 aromatic heterocycles. The molecule has 0 radical (unpaired) electrons. The minimum absolute atomic E-state index is 0.177. The molecule has 0 aliphatic carbocycles. The van der Waals surface area contributed by atoms with E-state index in [2.05, 4.69) is 70.8 Å². The largest absolute Gasteiger partial charge is 0.343 e. The minimum atomic E-state index is 0.177. The smallest absolute Gasteiger partial charge is 0.219 e. The van der Waals surface area contributed by atoms with Gasteiger partial charge >= 0.3 is 0 Å². The second-order valence-electron chi connectivity index (χ2n) is 8.21. The van der Waals surface area contributed by atoms with Crippen LogP contribution in [0.1, 0.15) is 45.2 Å². The molecule has 1 fully saturated rings. The van der Waals surface area contributed by atoms with Crippen molar-refractivity contribution in [2.45, 2.75) is 46.2 Å². The van der Waals surface area contributed by atoms with Gasteiger partial charge in [-0.2, -0.15) is 0 Å². The summed E-state index contributed by atoms with van der Waals surface area (Å²) in [6, 6.07) is 15.7. The number of amides is 1. The predicted octanol–water partition coefficient (Wildman–Crippen LogP) is 4.73. The van der Waals surface area contributed by atoms with E-state index in [-0.39, 0.29) is 5.91 Å². The maximum atomic E-state index is 11.7. The number of nitrogens with zero attached hydrogens (tertiary/aromatic N) is 4. The molecule has 1 amide bonds. The molecular weight excluding hydrogens is 372 g/mol. The highest BCUT2D eigenvalue weighted by Gasteiger charge is 2.23. The highest BCUT2D eigenvalue weighted by molar-refractivity contribution is 5.83. The van der Waals surface area contributed by atoms with Crippen LogP contribution in [0.4, 0.5) is 0 Å². The lowest BCUT2D eigenvalue weighted by Gasteiger charge is -2.32. The van der Waals surface area contributed by atoms with Gasteiger partial charge in [-0.3, -0.25) is 9.69 Å². The van der Waals surface area contributed by atoms with Gasteiger partial charge in [0.1, 0.15) is 0 Å². The second kappa shape index (κ2) is 9.00. The van der Waals surface area contributed by atoms with Gasteiger partial charge in [-0.25, -0.2) is 4.98 Å². The fourth-order valence-corrected chi connectivity index (χ4v) is 4.57. The number of aromatic nitrogens is 2. The molecular formula is C25H32N4O. The molecule has 158 valence electrons. The molecule has 0 spiro atoms. The number of imidazole rings is 1. The van der Waals surface area contributed by atoms with E-state index in [9.17, 15) is 4.79 Å². The van der Waals surface area contributed by atoms with Crippen molar-refractivity contribution in [1.29, 1.82) is 0 Å². The molecule has 30 heavy (non-hydrogen) atoms. The molecule has 0 saturated carbocycles. The average molecular weight is 405 g/mol. The van der Waals surface area contributed by atoms with Crippen molar-refractivity contribution >= 4 is 16.9 Å². The Kier molecular flexibility index (Phi) is 6.18. The van der Waals surface area contributed by atoms with Crippen LogP contribution >= 0.6 is 0 Å². The molecule has 0 bridgehead atoms. The molecule has 5 nitrogen and oxygen atoms in total. The van der Waals surface area contributed by atoms with Crippen LogP contribution < -0.4 is 0 Å². The Morgan fingerprint density at radius 1 is 1.10 bits per heavy atom. The highest BCUT2D eigenvalue weighted by atomic mass is 16.2. The van der Waals surface area contributed by atoms with Gasteiger partial charge in [-0.15, -0.1) is 0 Å². The summed E-state index contributed by atoms with van der Waals surface area (Å²) in [5, 5.41) is 0. The first-order chi connectivity index (χ1) is 14.6. The number of benzene rings is 2. The lowest BCUT2D eigenvalue weighted by Crippen LogP contribution is -2.37. The Balaban J connectivity index is 1.65. The maximum Gasteiger partial charge on any atom is 0.219 e. The molecule has 0 unspecified atom stereocenters. The van der Waals surface area contributed by atoms with Gasteiger partial charge in [-0.05, 0) is 54.8 Å². The number of fused-ring (bicyclic) bond motifs is 1. The van der Waals surface area contributed by atoms with E-state index in [0.29, 0.717) is 6.04 Å². The van der Waals surface area contributed by atoms with E-state index >= 15 is 0 Å². The number of carbonyl (C=O) groups excluding carboxylic acids is 1. The van der Waals surface area contributed by atoms with Gasteiger partial charge in [0.15, 0.2) is 0 Å². The van der Waals surface area contributed by atoms with Crippen molar-refractivity contribution < 1.29 is 4.79 Å². The van der Waals surface area contributed by atoms with Gasteiger partial charge in [-0.1, -0.05) is 44.2 Å². The van der Waals surface area contributed by atoms with E-state index < -0.39 is 0 Å². The zero-order valence-corrected chi connectivity index (χ0v) is 18.3. The highest BCUT2D eigenvalue weighted by Crippen LogP contribution is 2.31. The van der Waals surface area contributed by atoms with Crippen molar-refractivity contribution in [3.8, 4) is 11.1 Å². The van der Waals surface area contributed by atoms with Crippen molar-refractivity contribution in [2.24, 2.45) is 0 Å². The van der Waals surface area contributed by atoms with Crippen LogP contribution in [0.2, 0.25) is 0 Å². The number of piperidine rings is 1. The van der Waals surface area contributed by atoms with Crippen molar-refractivity contribution in [3.05, 3.63) is 54.4 Å². The summed E-state index contributed by atoms with van der Waals surface area (Å²) in [5.41, 5.74) is 6.13. The topological polar surface area (TPSA) is 41.4 Å². The zero-order valence-electron chi connectivity index (χ0n) is 18.3. The minimum Gasteiger partial charge on any atom is -0.343 e. The van der Waals surface area contributed by atoms with E-state index in [1.807, 2.05) is 11.2 Å². The Bertz CT molecular complexity index is 1010. The number of likely N-dealkylation sites (tertiary alicyclic amines) is 1. The maximum absolute atomic E-state index is 11.7. The summed E-state index contributed by atoms with van der Waals surface area (Å²) >= 11 is 0. The summed E-state index contributed by atoms with van der Waals surface area (Å²) in [6.07, 6.45) is 3.94. The van der Waals surface area contributed by atoms with Crippen LogP contribution in [0, 0.1) is 0 Å². The molecule has 0 N–H and O–H groups in total. The molecule has 1 aliphatic rings. The third-order valence-corrected chi connectivity index (χ3v) is 6.49. The zero-order chi connectivity index (χ0) is 21.1. The molecule has 5 heteroatoms. The van der Waals surface area contributed by atoms with E-state index in [0.717, 1.165) is 51.1 Å². The first kappa shape index (κ1) is 20.6. The van der Waals surface area contributed by atoms with Crippen molar-refractivity contribution in [1.82, 2.24) is 19.4 Å². The number of rotatable bonds is 6. The van der Waals surface area contributed by atoms with Crippen molar-refractivity contribution in [2.75, 3.05) is 26.2 Å². The van der Waals surface area contributed by atoms with Crippen LogP contribution in [0.25, 0.3) is 22.2 Å². The first-order valence-corrected chi connectivity index (χ1v) is 11.1. The quantitative estimate of drug-likeness (QED) is 0.596. The van der Waals surface area contributed by atoms with Gasteiger partial charge in [0.05, 0.1) is 17.4 Å². The normalized spacial score (nSPS) is 15.3. The molecule has 1 aliphatic heterocycles. The SMILES string of the molecule is CCN(CC)Cc1ccccc1-c1ccc2ncn(C3CCN(C(C)=O)CC3)c2c1. The first-order valence-electron chi connectivity index (χ1n) is 11.1. The Morgan fingerprint density at radius 2 is 1.83 bits per heavy atom. The van der Waals surface area contributed by atoms with E-state index in [1.54, 1.807) is 6.92 Å². The molecule has 3 aromatic rings. The Labute approximate surface area is 179 Å². The summed E-state index contributed by atoms with van der Waals surface area (Å²) in [5.74, 6) is 0.177. The summed E-state index contributed by atoms with van der Waals surface area (Å²) in [4.78, 5) is 20.7. The van der Waals surface area contributed by atoms with Crippen LogP contribution in [0.15, 0.2) is 48.8 Å². The summed E-state index contributed by atoms with van der Waals surface area (Å²) < 4.78 is 2.32. The molecule has 0 atom stereocenters. The molecule has 2 heterocycles. The average Bonchev–Trinajstić information content (AvgIpc) is 3.21. The third kappa shape index (κ3) is 4.12. The molecule has 1 saturated heterocycles. The van der Waals surface area contributed by atoms with E-state index in [1.165, 1.54) is 22.2 Å². The summed E-state index contributed by atoms with van der Waals surface area (Å²) in [6.45, 7) is 10.8. The van der Waals surface area contributed by atoms with Crippen LogP contribution in [-0.4, -0.2) is 51.4 Å². The molecule has 4 rings (SSSR count). The lowest BCUT2D eigenvalue weighted by molar-refractivity contribution is -0.130. The van der Waals surface area contributed by atoms with Gasteiger partial charge < -0.3 is 9.47 Å². The third-order valence-electron chi connectivity index (χ3n) is 6.49. The second-order valence-corrected chi connectivity index (χ2v) is 8.21.